The molecule has 0 aliphatic rings. The summed E-state index contributed by atoms with van der Waals surface area (Å²) in [5, 5.41) is 12.4. The van der Waals surface area contributed by atoms with Gasteiger partial charge in [0.05, 0.1) is 17.2 Å². The number of aliphatic hydroxyl groups excluding tert-OH is 1. The van der Waals surface area contributed by atoms with E-state index in [1.165, 1.54) is 24.3 Å². The number of carbonyl (C=O) groups excluding carboxylic acids is 1. The van der Waals surface area contributed by atoms with Gasteiger partial charge in [0, 0.05) is 6.54 Å². The molecule has 1 aromatic heterocycles. The molecule has 1 heterocycles. The summed E-state index contributed by atoms with van der Waals surface area (Å²) in [6.45, 7) is 2.95. The minimum atomic E-state index is -4.57. The van der Waals surface area contributed by atoms with E-state index < -0.39 is 23.8 Å². The molecule has 2 rings (SSSR count). The number of rotatable bonds is 4. The summed E-state index contributed by atoms with van der Waals surface area (Å²) in [5.74, 6) is 0.448. The van der Waals surface area contributed by atoms with Crippen LogP contribution in [-0.2, 0) is 6.18 Å². The fourth-order valence-electron chi connectivity index (χ4n) is 2.30. The van der Waals surface area contributed by atoms with Crippen LogP contribution in [0.25, 0.3) is 0 Å². The molecule has 124 valence electrons. The van der Waals surface area contributed by atoms with Gasteiger partial charge in [0.15, 0.2) is 0 Å². The summed E-state index contributed by atoms with van der Waals surface area (Å²) in [6.07, 6.45) is -6.04. The summed E-state index contributed by atoms with van der Waals surface area (Å²) in [4.78, 5) is 12.0. The van der Waals surface area contributed by atoms with Crippen LogP contribution in [0.1, 0.15) is 39.1 Å². The molecule has 0 saturated heterocycles. The van der Waals surface area contributed by atoms with Crippen LogP contribution in [-0.4, -0.2) is 17.6 Å². The number of alkyl halides is 3. The molecule has 0 aliphatic carbocycles. The second-order valence-corrected chi connectivity index (χ2v) is 5.14. The van der Waals surface area contributed by atoms with E-state index in [1.54, 1.807) is 13.8 Å². The van der Waals surface area contributed by atoms with Crippen molar-refractivity contribution in [1.29, 1.82) is 0 Å². The number of hydrogen-bond donors (Lipinski definition) is 2. The Kier molecular flexibility index (Phi) is 4.79. The fraction of sp³-hybridized carbons (Fsp3) is 0.312. The van der Waals surface area contributed by atoms with Crippen molar-refractivity contribution >= 4 is 5.91 Å². The first-order valence-electron chi connectivity index (χ1n) is 6.89. The predicted molar refractivity (Wildman–Crippen MR) is 76.9 cm³/mol. The molecule has 0 spiro atoms. The first-order chi connectivity index (χ1) is 10.7. The van der Waals surface area contributed by atoms with E-state index >= 15 is 0 Å². The summed E-state index contributed by atoms with van der Waals surface area (Å²) in [7, 11) is 0. The van der Waals surface area contributed by atoms with Crippen molar-refractivity contribution in [3.8, 4) is 0 Å². The number of furan rings is 1. The third-order valence-corrected chi connectivity index (χ3v) is 3.37. The van der Waals surface area contributed by atoms with Crippen LogP contribution in [0.2, 0.25) is 0 Å². The topological polar surface area (TPSA) is 62.5 Å². The van der Waals surface area contributed by atoms with Crippen molar-refractivity contribution in [2.24, 2.45) is 0 Å². The molecule has 1 atom stereocenters. The zero-order valence-corrected chi connectivity index (χ0v) is 12.6. The average Bonchev–Trinajstić information content (AvgIpc) is 2.82. The Morgan fingerprint density at radius 1 is 1.30 bits per heavy atom. The predicted octanol–water partition coefficient (Wildman–Crippen LogP) is 3.38. The molecule has 1 amide bonds. The molecule has 2 aromatic rings. The van der Waals surface area contributed by atoms with Gasteiger partial charge in [-0.05, 0) is 31.5 Å². The molecule has 4 nitrogen and oxygen atoms in total. The van der Waals surface area contributed by atoms with Crippen LogP contribution in [0.3, 0.4) is 0 Å². The second-order valence-electron chi connectivity index (χ2n) is 5.14. The van der Waals surface area contributed by atoms with Crippen molar-refractivity contribution in [1.82, 2.24) is 5.32 Å². The van der Waals surface area contributed by atoms with Crippen molar-refractivity contribution < 1.29 is 27.5 Å². The van der Waals surface area contributed by atoms with Gasteiger partial charge in [0.1, 0.15) is 11.5 Å². The quantitative estimate of drug-likeness (QED) is 0.905. The molecule has 0 unspecified atom stereocenters. The monoisotopic (exact) mass is 327 g/mol. The number of aryl methyl sites for hydroxylation is 2. The van der Waals surface area contributed by atoms with E-state index in [-0.39, 0.29) is 12.1 Å². The van der Waals surface area contributed by atoms with E-state index in [9.17, 15) is 23.1 Å². The summed E-state index contributed by atoms with van der Waals surface area (Å²) >= 11 is 0. The number of amides is 1. The third kappa shape index (κ3) is 3.92. The van der Waals surface area contributed by atoms with Crippen LogP contribution in [0, 0.1) is 13.8 Å². The number of benzene rings is 1. The van der Waals surface area contributed by atoms with Crippen LogP contribution in [0.15, 0.2) is 34.7 Å². The van der Waals surface area contributed by atoms with Crippen molar-refractivity contribution in [3.63, 3.8) is 0 Å². The van der Waals surface area contributed by atoms with Gasteiger partial charge in [0.25, 0.3) is 5.91 Å². The molecular formula is C16H16F3NO3. The van der Waals surface area contributed by atoms with Crippen molar-refractivity contribution in [3.05, 3.63) is 58.5 Å². The standard InChI is InChI=1S/C16H16F3NO3/c1-9-7-12(10(2)23-9)15(22)20-8-14(21)11-5-3-4-6-13(11)16(17,18)19/h3-7,14,21H,8H2,1-2H3,(H,20,22)/t14-/m0/s1. The molecule has 1 aromatic carbocycles. The first kappa shape index (κ1) is 17.1. The maximum Gasteiger partial charge on any atom is 0.416 e. The second kappa shape index (κ2) is 6.45. The lowest BCUT2D eigenvalue weighted by Gasteiger charge is -2.17. The lowest BCUT2D eigenvalue weighted by atomic mass is 10.0. The number of carbonyl (C=O) groups is 1. The normalized spacial score (nSPS) is 13.0. The Bertz CT molecular complexity index is 707. The number of aliphatic hydroxyl groups is 1. The van der Waals surface area contributed by atoms with Gasteiger partial charge in [-0.15, -0.1) is 0 Å². The van der Waals surface area contributed by atoms with E-state index in [0.29, 0.717) is 17.1 Å². The maximum absolute atomic E-state index is 12.9. The van der Waals surface area contributed by atoms with Crippen molar-refractivity contribution in [2.75, 3.05) is 6.54 Å². The summed E-state index contributed by atoms with van der Waals surface area (Å²) in [6, 6.07) is 6.26. The lowest BCUT2D eigenvalue weighted by molar-refractivity contribution is -0.139. The Balaban J connectivity index is 2.10. The summed E-state index contributed by atoms with van der Waals surface area (Å²) < 4.78 is 44.0. The van der Waals surface area contributed by atoms with Gasteiger partial charge < -0.3 is 14.8 Å². The Morgan fingerprint density at radius 2 is 1.96 bits per heavy atom. The largest absolute Gasteiger partial charge is 0.466 e. The summed E-state index contributed by atoms with van der Waals surface area (Å²) in [5.41, 5.74) is -0.906. The Morgan fingerprint density at radius 3 is 2.52 bits per heavy atom. The highest BCUT2D eigenvalue weighted by Crippen LogP contribution is 2.34. The highest BCUT2D eigenvalue weighted by atomic mass is 19.4. The van der Waals surface area contributed by atoms with E-state index in [0.717, 1.165) is 6.07 Å². The van der Waals surface area contributed by atoms with E-state index in [4.69, 9.17) is 4.42 Å². The van der Waals surface area contributed by atoms with Crippen molar-refractivity contribution in [2.45, 2.75) is 26.1 Å². The minimum Gasteiger partial charge on any atom is -0.466 e. The van der Waals surface area contributed by atoms with Gasteiger partial charge >= 0.3 is 6.18 Å². The third-order valence-electron chi connectivity index (χ3n) is 3.37. The highest BCUT2D eigenvalue weighted by molar-refractivity contribution is 5.95. The molecule has 0 aliphatic heterocycles. The van der Waals surface area contributed by atoms with Gasteiger partial charge in [-0.25, -0.2) is 0 Å². The van der Waals surface area contributed by atoms with Crippen LogP contribution >= 0.6 is 0 Å². The molecule has 0 radical (unpaired) electrons. The van der Waals surface area contributed by atoms with Gasteiger partial charge in [-0.2, -0.15) is 13.2 Å². The van der Waals surface area contributed by atoms with E-state index in [1.807, 2.05) is 0 Å². The molecule has 0 fully saturated rings. The maximum atomic E-state index is 12.9. The molecule has 2 N–H and O–H groups in total. The van der Waals surface area contributed by atoms with Gasteiger partial charge in [-0.3, -0.25) is 4.79 Å². The van der Waals surface area contributed by atoms with Gasteiger partial charge in [-0.1, -0.05) is 18.2 Å². The molecular weight excluding hydrogens is 311 g/mol. The van der Waals surface area contributed by atoms with Crippen LogP contribution in [0.5, 0.6) is 0 Å². The van der Waals surface area contributed by atoms with Crippen LogP contribution in [0.4, 0.5) is 13.2 Å². The Hall–Kier alpha value is -2.28. The SMILES string of the molecule is Cc1cc(C(=O)NC[C@H](O)c2ccccc2C(F)(F)F)c(C)o1. The molecule has 23 heavy (non-hydrogen) atoms. The molecule has 0 bridgehead atoms. The number of hydrogen-bond acceptors (Lipinski definition) is 3. The smallest absolute Gasteiger partial charge is 0.416 e. The van der Waals surface area contributed by atoms with Gasteiger partial charge in [0.2, 0.25) is 0 Å². The number of nitrogens with one attached hydrogen (secondary N) is 1. The minimum absolute atomic E-state index is 0.277. The van der Waals surface area contributed by atoms with E-state index in [2.05, 4.69) is 5.32 Å². The first-order valence-corrected chi connectivity index (χ1v) is 6.89. The Labute approximate surface area is 130 Å². The molecule has 7 heteroatoms. The van der Waals surface area contributed by atoms with Crippen LogP contribution < -0.4 is 5.32 Å². The zero-order valence-electron chi connectivity index (χ0n) is 12.6. The molecule has 0 saturated carbocycles. The average molecular weight is 327 g/mol. The highest BCUT2D eigenvalue weighted by Gasteiger charge is 2.34. The zero-order chi connectivity index (χ0) is 17.2. The number of halogens is 3. The lowest BCUT2D eigenvalue weighted by Crippen LogP contribution is -2.29. The fourth-order valence-corrected chi connectivity index (χ4v) is 2.30.